The second kappa shape index (κ2) is 5.91. The zero-order valence-corrected chi connectivity index (χ0v) is 12.4. The summed E-state index contributed by atoms with van der Waals surface area (Å²) in [5.41, 5.74) is 7.31. The second-order valence-electron chi connectivity index (χ2n) is 6.71. The predicted octanol–water partition coefficient (Wildman–Crippen LogP) is 3.31. The fraction of sp³-hybridized carbons (Fsp3) is 0.688. The number of hydrogen-bond acceptors (Lipinski definition) is 3. The Morgan fingerprint density at radius 2 is 2.00 bits per heavy atom. The Labute approximate surface area is 117 Å². The largest absolute Gasteiger partial charge is 0.367 e. The molecule has 2 unspecified atom stereocenters. The molecule has 1 saturated carbocycles. The van der Waals surface area contributed by atoms with Gasteiger partial charge in [-0.1, -0.05) is 39.7 Å². The Hall–Kier alpha value is -1.09. The number of anilines is 1. The molecule has 1 heterocycles. The normalized spacial score (nSPS) is 24.2. The van der Waals surface area contributed by atoms with Crippen molar-refractivity contribution in [3.8, 4) is 0 Å². The van der Waals surface area contributed by atoms with E-state index >= 15 is 0 Å². The second-order valence-corrected chi connectivity index (χ2v) is 6.71. The van der Waals surface area contributed by atoms with Gasteiger partial charge in [-0.15, -0.1) is 0 Å². The van der Waals surface area contributed by atoms with E-state index in [-0.39, 0.29) is 5.41 Å². The fourth-order valence-corrected chi connectivity index (χ4v) is 2.79. The molecular weight excluding hydrogens is 234 g/mol. The predicted molar refractivity (Wildman–Crippen MR) is 81.4 cm³/mol. The van der Waals surface area contributed by atoms with Gasteiger partial charge in [0.05, 0.1) is 0 Å². The van der Waals surface area contributed by atoms with Crippen LogP contribution in [0.4, 0.5) is 5.82 Å². The first-order valence-corrected chi connectivity index (χ1v) is 7.44. The zero-order chi connectivity index (χ0) is 13.9. The highest BCUT2D eigenvalue weighted by molar-refractivity contribution is 5.38. The van der Waals surface area contributed by atoms with Crippen molar-refractivity contribution >= 4 is 5.82 Å². The maximum atomic E-state index is 5.87. The van der Waals surface area contributed by atoms with Crippen LogP contribution in [0, 0.1) is 5.92 Å². The lowest BCUT2D eigenvalue weighted by molar-refractivity contribution is 0.332. The molecule has 3 nitrogen and oxygen atoms in total. The van der Waals surface area contributed by atoms with E-state index in [0.29, 0.717) is 12.0 Å². The Balaban J connectivity index is 2.02. The molecule has 0 aromatic carbocycles. The Bertz CT molecular complexity index is 391. The van der Waals surface area contributed by atoms with Crippen molar-refractivity contribution in [3.63, 3.8) is 0 Å². The molecule has 1 aliphatic rings. The molecule has 3 heteroatoms. The van der Waals surface area contributed by atoms with Crippen LogP contribution in [0.5, 0.6) is 0 Å². The number of aromatic nitrogens is 1. The fourth-order valence-electron chi connectivity index (χ4n) is 2.79. The Morgan fingerprint density at radius 3 is 2.58 bits per heavy atom. The molecule has 3 N–H and O–H groups in total. The van der Waals surface area contributed by atoms with E-state index in [1.54, 1.807) is 0 Å². The molecule has 1 aliphatic carbocycles. The van der Waals surface area contributed by atoms with E-state index in [2.05, 4.69) is 43.2 Å². The molecule has 0 aliphatic heterocycles. The van der Waals surface area contributed by atoms with E-state index in [9.17, 15) is 0 Å². The average molecular weight is 261 g/mol. The summed E-state index contributed by atoms with van der Waals surface area (Å²) >= 11 is 0. The van der Waals surface area contributed by atoms with Crippen molar-refractivity contribution in [1.82, 2.24) is 4.98 Å². The minimum Gasteiger partial charge on any atom is -0.367 e. The van der Waals surface area contributed by atoms with Crippen LogP contribution in [0.2, 0.25) is 0 Å². The van der Waals surface area contributed by atoms with Gasteiger partial charge in [0.25, 0.3) is 0 Å². The van der Waals surface area contributed by atoms with Crippen LogP contribution < -0.4 is 11.1 Å². The van der Waals surface area contributed by atoms with Gasteiger partial charge in [-0.05, 0) is 42.3 Å². The van der Waals surface area contributed by atoms with Crippen LogP contribution in [0.1, 0.15) is 52.0 Å². The molecule has 106 valence electrons. The van der Waals surface area contributed by atoms with Gasteiger partial charge in [0.2, 0.25) is 0 Å². The highest BCUT2D eigenvalue weighted by Crippen LogP contribution is 2.27. The molecule has 1 aromatic heterocycles. The lowest BCUT2D eigenvalue weighted by Crippen LogP contribution is -2.36. The van der Waals surface area contributed by atoms with E-state index in [1.807, 2.05) is 6.20 Å². The number of rotatable bonds is 3. The summed E-state index contributed by atoms with van der Waals surface area (Å²) in [6.07, 6.45) is 7.06. The van der Waals surface area contributed by atoms with Crippen LogP contribution in [-0.4, -0.2) is 17.6 Å². The Kier molecular flexibility index (Phi) is 4.46. The van der Waals surface area contributed by atoms with Crippen LogP contribution in [0.25, 0.3) is 0 Å². The molecule has 1 aromatic rings. The average Bonchev–Trinajstić information content (AvgIpc) is 2.39. The van der Waals surface area contributed by atoms with Crippen molar-refractivity contribution in [1.29, 1.82) is 0 Å². The number of pyridine rings is 1. The van der Waals surface area contributed by atoms with Gasteiger partial charge < -0.3 is 11.1 Å². The number of nitrogens with two attached hydrogens (primary N) is 1. The summed E-state index contributed by atoms with van der Waals surface area (Å²) in [6.45, 7) is 7.41. The molecule has 0 saturated heterocycles. The van der Waals surface area contributed by atoms with Gasteiger partial charge in [-0.2, -0.15) is 0 Å². The van der Waals surface area contributed by atoms with Gasteiger partial charge in [0.1, 0.15) is 5.82 Å². The summed E-state index contributed by atoms with van der Waals surface area (Å²) in [5.74, 6) is 1.58. The highest BCUT2D eigenvalue weighted by atomic mass is 15.0. The summed E-state index contributed by atoms with van der Waals surface area (Å²) in [7, 11) is 0. The van der Waals surface area contributed by atoms with Gasteiger partial charge in [0, 0.05) is 12.2 Å². The van der Waals surface area contributed by atoms with Crippen molar-refractivity contribution in [2.24, 2.45) is 11.7 Å². The topological polar surface area (TPSA) is 50.9 Å². The first kappa shape index (κ1) is 14.3. The van der Waals surface area contributed by atoms with Gasteiger partial charge >= 0.3 is 0 Å². The third kappa shape index (κ3) is 3.69. The van der Waals surface area contributed by atoms with Crippen molar-refractivity contribution < 1.29 is 0 Å². The SMILES string of the molecule is CC(C)(C)c1ccc(NC2CCCCC2CN)nc1. The van der Waals surface area contributed by atoms with Crippen molar-refractivity contribution in [3.05, 3.63) is 23.9 Å². The van der Waals surface area contributed by atoms with Gasteiger partial charge in [-0.3, -0.25) is 0 Å². The number of nitrogens with zero attached hydrogens (tertiary/aromatic N) is 1. The monoisotopic (exact) mass is 261 g/mol. The van der Waals surface area contributed by atoms with Gasteiger partial charge in [0.15, 0.2) is 0 Å². The van der Waals surface area contributed by atoms with Crippen LogP contribution in [0.3, 0.4) is 0 Å². The summed E-state index contributed by atoms with van der Waals surface area (Å²) in [6, 6.07) is 4.77. The Morgan fingerprint density at radius 1 is 1.26 bits per heavy atom. The molecule has 19 heavy (non-hydrogen) atoms. The standard InChI is InChI=1S/C16H27N3/c1-16(2,3)13-8-9-15(18-11-13)19-14-7-5-4-6-12(14)10-17/h8-9,11-12,14H,4-7,10,17H2,1-3H3,(H,18,19). The van der Waals surface area contributed by atoms with Crippen LogP contribution >= 0.6 is 0 Å². The molecule has 0 spiro atoms. The highest BCUT2D eigenvalue weighted by Gasteiger charge is 2.24. The number of hydrogen-bond donors (Lipinski definition) is 2. The van der Waals surface area contributed by atoms with Crippen LogP contribution in [-0.2, 0) is 5.41 Å². The van der Waals surface area contributed by atoms with Gasteiger partial charge in [-0.25, -0.2) is 4.98 Å². The molecule has 0 radical (unpaired) electrons. The van der Waals surface area contributed by atoms with Crippen molar-refractivity contribution in [2.75, 3.05) is 11.9 Å². The molecular formula is C16H27N3. The summed E-state index contributed by atoms with van der Waals surface area (Å²) in [5, 5.41) is 3.57. The molecule has 1 fully saturated rings. The van der Waals surface area contributed by atoms with Crippen molar-refractivity contribution in [2.45, 2.75) is 57.9 Å². The lowest BCUT2D eigenvalue weighted by atomic mass is 9.84. The minimum absolute atomic E-state index is 0.163. The van der Waals surface area contributed by atoms with E-state index < -0.39 is 0 Å². The zero-order valence-electron chi connectivity index (χ0n) is 12.4. The molecule has 0 bridgehead atoms. The molecule has 2 atom stereocenters. The first-order valence-electron chi connectivity index (χ1n) is 7.44. The maximum Gasteiger partial charge on any atom is 0.126 e. The third-order valence-corrected chi connectivity index (χ3v) is 4.17. The maximum absolute atomic E-state index is 5.87. The smallest absolute Gasteiger partial charge is 0.126 e. The van der Waals surface area contributed by atoms with E-state index in [1.165, 1.54) is 31.2 Å². The van der Waals surface area contributed by atoms with E-state index in [0.717, 1.165) is 12.4 Å². The van der Waals surface area contributed by atoms with Crippen LogP contribution in [0.15, 0.2) is 18.3 Å². The lowest BCUT2D eigenvalue weighted by Gasteiger charge is -2.31. The molecule has 2 rings (SSSR count). The summed E-state index contributed by atoms with van der Waals surface area (Å²) in [4.78, 5) is 4.56. The summed E-state index contributed by atoms with van der Waals surface area (Å²) < 4.78 is 0. The molecule has 0 amide bonds. The quantitative estimate of drug-likeness (QED) is 0.877. The third-order valence-electron chi connectivity index (χ3n) is 4.17. The number of nitrogens with one attached hydrogen (secondary N) is 1. The first-order chi connectivity index (χ1) is 9.00. The van der Waals surface area contributed by atoms with E-state index in [4.69, 9.17) is 5.73 Å². The minimum atomic E-state index is 0.163.